The van der Waals surface area contributed by atoms with Crippen molar-refractivity contribution in [1.82, 2.24) is 10.2 Å². The van der Waals surface area contributed by atoms with Crippen molar-refractivity contribution in [1.29, 1.82) is 0 Å². The van der Waals surface area contributed by atoms with E-state index in [0.29, 0.717) is 29.2 Å². The van der Waals surface area contributed by atoms with Gasteiger partial charge in [-0.25, -0.2) is 4.39 Å². The first-order chi connectivity index (χ1) is 11.8. The Morgan fingerprint density at radius 2 is 1.96 bits per heavy atom. The maximum absolute atomic E-state index is 14.2. The van der Waals surface area contributed by atoms with Gasteiger partial charge in [0.25, 0.3) is 5.69 Å². The van der Waals surface area contributed by atoms with Gasteiger partial charge in [-0.15, -0.1) is 0 Å². The van der Waals surface area contributed by atoms with Gasteiger partial charge in [0.15, 0.2) is 0 Å². The summed E-state index contributed by atoms with van der Waals surface area (Å²) in [5.74, 6) is -0.366. The zero-order valence-electron chi connectivity index (χ0n) is 13.8. The fourth-order valence-corrected chi connectivity index (χ4v) is 3.01. The van der Waals surface area contributed by atoms with E-state index in [1.54, 1.807) is 18.2 Å². The standard InChI is InChI=1S/C17H18Cl2FN3O2/c1-22(2)16(17-13(19)4-3-5-14(17)20)10-21-9-11-6-7-12(18)15(8-11)23(24)25/h3-8,16,21H,9-10H2,1-2H3/t16-/m1/s1. The molecule has 0 bridgehead atoms. The Balaban J connectivity index is 2.11. The molecule has 0 amide bonds. The van der Waals surface area contributed by atoms with Gasteiger partial charge in [-0.1, -0.05) is 35.3 Å². The Labute approximate surface area is 155 Å². The lowest BCUT2D eigenvalue weighted by Gasteiger charge is -2.26. The summed E-state index contributed by atoms with van der Waals surface area (Å²) in [5.41, 5.74) is 0.999. The van der Waals surface area contributed by atoms with Gasteiger partial charge >= 0.3 is 0 Å². The van der Waals surface area contributed by atoms with E-state index in [2.05, 4.69) is 5.32 Å². The Kier molecular flexibility index (Phi) is 6.72. The fraction of sp³-hybridized carbons (Fsp3) is 0.294. The summed E-state index contributed by atoms with van der Waals surface area (Å²) < 4.78 is 14.2. The van der Waals surface area contributed by atoms with Crippen LogP contribution in [0.1, 0.15) is 17.2 Å². The maximum Gasteiger partial charge on any atom is 0.288 e. The lowest BCUT2D eigenvalue weighted by atomic mass is 10.0. The van der Waals surface area contributed by atoms with E-state index in [-0.39, 0.29) is 22.6 Å². The van der Waals surface area contributed by atoms with Crippen LogP contribution < -0.4 is 5.32 Å². The average molecular weight is 386 g/mol. The van der Waals surface area contributed by atoms with Gasteiger partial charge in [-0.2, -0.15) is 0 Å². The molecule has 0 aliphatic rings. The molecule has 0 fully saturated rings. The van der Waals surface area contributed by atoms with Crippen molar-refractivity contribution in [2.45, 2.75) is 12.6 Å². The molecule has 0 radical (unpaired) electrons. The summed E-state index contributed by atoms with van der Waals surface area (Å²) in [4.78, 5) is 12.3. The largest absolute Gasteiger partial charge is 0.311 e. The van der Waals surface area contributed by atoms with Crippen molar-refractivity contribution in [2.24, 2.45) is 0 Å². The first-order valence-corrected chi connectivity index (χ1v) is 8.30. The minimum Gasteiger partial charge on any atom is -0.311 e. The summed E-state index contributed by atoms with van der Waals surface area (Å²) in [6, 6.07) is 8.94. The van der Waals surface area contributed by atoms with Crippen LogP contribution in [-0.4, -0.2) is 30.5 Å². The third-order valence-corrected chi connectivity index (χ3v) is 4.48. The molecule has 0 aromatic heterocycles. The van der Waals surface area contributed by atoms with E-state index in [0.717, 1.165) is 0 Å². The molecule has 0 unspecified atom stereocenters. The van der Waals surface area contributed by atoms with E-state index in [9.17, 15) is 14.5 Å². The van der Waals surface area contributed by atoms with E-state index >= 15 is 0 Å². The van der Waals surface area contributed by atoms with E-state index in [1.165, 1.54) is 18.2 Å². The van der Waals surface area contributed by atoms with Gasteiger partial charge in [0.2, 0.25) is 0 Å². The maximum atomic E-state index is 14.2. The first-order valence-electron chi connectivity index (χ1n) is 7.55. The molecule has 2 rings (SSSR count). The minimum atomic E-state index is -0.520. The number of nitrogens with one attached hydrogen (secondary N) is 1. The smallest absolute Gasteiger partial charge is 0.288 e. The molecule has 8 heteroatoms. The number of likely N-dealkylation sites (N-methyl/N-ethyl adjacent to an activating group) is 1. The van der Waals surface area contributed by atoms with Crippen molar-refractivity contribution in [3.8, 4) is 0 Å². The molecule has 0 saturated carbocycles. The Morgan fingerprint density at radius 1 is 1.24 bits per heavy atom. The molecule has 0 aliphatic carbocycles. The third kappa shape index (κ3) is 4.89. The van der Waals surface area contributed by atoms with Crippen molar-refractivity contribution in [3.63, 3.8) is 0 Å². The van der Waals surface area contributed by atoms with Crippen molar-refractivity contribution < 1.29 is 9.31 Å². The predicted octanol–water partition coefficient (Wildman–Crippen LogP) is 4.43. The highest BCUT2D eigenvalue weighted by Gasteiger charge is 2.21. The lowest BCUT2D eigenvalue weighted by Crippen LogP contribution is -2.31. The van der Waals surface area contributed by atoms with Crippen LogP contribution in [0.15, 0.2) is 36.4 Å². The van der Waals surface area contributed by atoms with Crippen LogP contribution in [0.2, 0.25) is 10.0 Å². The van der Waals surface area contributed by atoms with Crippen LogP contribution in [0.5, 0.6) is 0 Å². The SMILES string of the molecule is CN(C)[C@H](CNCc1ccc(Cl)c([N+](=O)[O-])c1)c1c(F)cccc1Cl. The minimum absolute atomic E-state index is 0.0954. The predicted molar refractivity (Wildman–Crippen MR) is 97.7 cm³/mol. The number of hydrogen-bond acceptors (Lipinski definition) is 4. The summed E-state index contributed by atoms with van der Waals surface area (Å²) in [6.07, 6.45) is 0. The van der Waals surface area contributed by atoms with Crippen LogP contribution >= 0.6 is 23.2 Å². The fourth-order valence-electron chi connectivity index (χ4n) is 2.53. The zero-order chi connectivity index (χ0) is 18.6. The molecule has 1 N–H and O–H groups in total. The number of nitro benzene ring substituents is 1. The topological polar surface area (TPSA) is 58.4 Å². The van der Waals surface area contributed by atoms with Crippen molar-refractivity contribution >= 4 is 28.9 Å². The van der Waals surface area contributed by atoms with Crippen LogP contribution in [0, 0.1) is 15.9 Å². The summed E-state index contributed by atoms with van der Waals surface area (Å²) >= 11 is 12.0. The number of hydrogen-bond donors (Lipinski definition) is 1. The summed E-state index contributed by atoms with van der Waals surface area (Å²) in [6.45, 7) is 0.804. The van der Waals surface area contributed by atoms with Crippen LogP contribution in [-0.2, 0) is 6.54 Å². The molecule has 5 nitrogen and oxygen atoms in total. The van der Waals surface area contributed by atoms with Gasteiger partial charge in [0.05, 0.1) is 11.0 Å². The zero-order valence-corrected chi connectivity index (χ0v) is 15.3. The second kappa shape index (κ2) is 8.58. The van der Waals surface area contributed by atoms with Gasteiger partial charge in [-0.05, 0) is 37.9 Å². The van der Waals surface area contributed by atoms with Crippen molar-refractivity contribution in [3.05, 3.63) is 73.5 Å². The summed E-state index contributed by atoms with van der Waals surface area (Å²) in [5, 5.41) is 14.6. The molecule has 2 aromatic carbocycles. The first kappa shape index (κ1) is 19.6. The summed E-state index contributed by atoms with van der Waals surface area (Å²) in [7, 11) is 3.67. The van der Waals surface area contributed by atoms with Gasteiger partial charge in [0, 0.05) is 29.7 Å². The quantitative estimate of drug-likeness (QED) is 0.565. The highest BCUT2D eigenvalue weighted by Crippen LogP contribution is 2.29. The molecule has 0 spiro atoms. The highest BCUT2D eigenvalue weighted by atomic mass is 35.5. The molecule has 2 aromatic rings. The monoisotopic (exact) mass is 385 g/mol. The van der Waals surface area contributed by atoms with E-state index in [1.807, 2.05) is 19.0 Å². The second-order valence-electron chi connectivity index (χ2n) is 5.79. The third-order valence-electron chi connectivity index (χ3n) is 3.83. The Morgan fingerprint density at radius 3 is 2.56 bits per heavy atom. The molecule has 0 aliphatic heterocycles. The highest BCUT2D eigenvalue weighted by molar-refractivity contribution is 6.32. The van der Waals surface area contributed by atoms with Crippen LogP contribution in [0.3, 0.4) is 0 Å². The Bertz CT molecular complexity index is 751. The molecule has 0 heterocycles. The average Bonchev–Trinajstić information content (AvgIpc) is 2.54. The number of benzene rings is 2. The number of halogens is 3. The van der Waals surface area contributed by atoms with Gasteiger partial charge in [-0.3, -0.25) is 10.1 Å². The molecule has 25 heavy (non-hydrogen) atoms. The second-order valence-corrected chi connectivity index (χ2v) is 6.60. The molecule has 0 saturated heterocycles. The molecular weight excluding hydrogens is 368 g/mol. The number of rotatable bonds is 7. The van der Waals surface area contributed by atoms with E-state index in [4.69, 9.17) is 23.2 Å². The lowest BCUT2D eigenvalue weighted by molar-refractivity contribution is -0.384. The Hall–Kier alpha value is -1.73. The van der Waals surface area contributed by atoms with Gasteiger partial charge in [0.1, 0.15) is 10.8 Å². The van der Waals surface area contributed by atoms with Crippen molar-refractivity contribution in [2.75, 3.05) is 20.6 Å². The number of nitro groups is 1. The number of nitrogens with zero attached hydrogens (tertiary/aromatic N) is 2. The molecule has 1 atom stereocenters. The van der Waals surface area contributed by atoms with Crippen LogP contribution in [0.4, 0.5) is 10.1 Å². The van der Waals surface area contributed by atoms with E-state index < -0.39 is 4.92 Å². The normalized spacial score (nSPS) is 12.4. The molecular formula is C17H18Cl2FN3O2. The van der Waals surface area contributed by atoms with Crippen LogP contribution in [0.25, 0.3) is 0 Å². The van der Waals surface area contributed by atoms with Gasteiger partial charge < -0.3 is 10.2 Å². The molecule has 134 valence electrons.